The summed E-state index contributed by atoms with van der Waals surface area (Å²) in [4.78, 5) is 0. The van der Waals surface area contributed by atoms with Crippen molar-refractivity contribution in [3.8, 4) is 23.5 Å². The summed E-state index contributed by atoms with van der Waals surface area (Å²) in [6.07, 6.45) is 0. The second-order valence-corrected chi connectivity index (χ2v) is 6.24. The molecular formula is C16H16N2O4S2. The molecule has 1 aromatic carbocycles. The van der Waals surface area contributed by atoms with E-state index in [1.54, 1.807) is 24.3 Å². The van der Waals surface area contributed by atoms with E-state index in [9.17, 15) is 20.4 Å². The molecule has 3 rings (SSSR count). The summed E-state index contributed by atoms with van der Waals surface area (Å²) in [7, 11) is 0. The lowest BCUT2D eigenvalue weighted by molar-refractivity contribution is 0.375. The fourth-order valence-corrected chi connectivity index (χ4v) is 3.33. The first kappa shape index (κ1) is 16.5. The summed E-state index contributed by atoms with van der Waals surface area (Å²) in [5, 5.41) is 38.1. The molecule has 2 unspecified atom stereocenters. The normalized spacial score (nSPS) is 13.8. The van der Waals surface area contributed by atoms with Gasteiger partial charge in [0.15, 0.2) is 23.5 Å². The highest BCUT2D eigenvalue weighted by Crippen LogP contribution is 2.37. The first-order valence-electron chi connectivity index (χ1n) is 7.04. The molecule has 4 N–H and O–H groups in total. The zero-order chi connectivity index (χ0) is 17.4. The Labute approximate surface area is 149 Å². The van der Waals surface area contributed by atoms with Gasteiger partial charge in [0.1, 0.15) is 10.7 Å². The van der Waals surface area contributed by atoms with Crippen LogP contribution < -0.4 is 0 Å². The lowest BCUT2D eigenvalue weighted by atomic mass is 10.1. The van der Waals surface area contributed by atoms with Crippen molar-refractivity contribution in [1.82, 2.24) is 9.13 Å². The van der Waals surface area contributed by atoms with E-state index in [1.165, 1.54) is 33.4 Å². The van der Waals surface area contributed by atoms with E-state index in [4.69, 9.17) is 0 Å². The lowest BCUT2D eigenvalue weighted by Gasteiger charge is -2.19. The largest absolute Gasteiger partial charge is 0.494 e. The van der Waals surface area contributed by atoms with Crippen LogP contribution in [0.15, 0.2) is 48.5 Å². The molecule has 0 spiro atoms. The van der Waals surface area contributed by atoms with Gasteiger partial charge < -0.3 is 20.4 Å². The zero-order valence-electron chi connectivity index (χ0n) is 12.4. The number of benzene rings is 1. The molecule has 24 heavy (non-hydrogen) atoms. The fourth-order valence-electron chi connectivity index (χ4n) is 2.53. The summed E-state index contributed by atoms with van der Waals surface area (Å²) in [6, 6.07) is 12.6. The SMILES string of the molecule is Oc1ccc(O)n1C(S)c1cccc(C(S)n2c(O)ccc2O)c1. The van der Waals surface area contributed by atoms with Gasteiger partial charge in [-0.2, -0.15) is 0 Å². The van der Waals surface area contributed by atoms with Gasteiger partial charge in [0.05, 0.1) is 0 Å². The van der Waals surface area contributed by atoms with Crippen molar-refractivity contribution in [3.05, 3.63) is 59.7 Å². The average Bonchev–Trinajstić information content (AvgIpc) is 3.08. The second-order valence-electron chi connectivity index (χ2n) is 5.26. The summed E-state index contributed by atoms with van der Waals surface area (Å²) >= 11 is 8.92. The third kappa shape index (κ3) is 2.78. The second kappa shape index (κ2) is 6.29. The molecule has 8 heteroatoms. The molecule has 0 aliphatic heterocycles. The highest BCUT2D eigenvalue weighted by Gasteiger charge is 2.19. The Kier molecular flexibility index (Phi) is 4.33. The van der Waals surface area contributed by atoms with Crippen molar-refractivity contribution in [1.29, 1.82) is 0 Å². The van der Waals surface area contributed by atoms with Gasteiger partial charge in [0.25, 0.3) is 0 Å². The maximum absolute atomic E-state index is 9.83. The monoisotopic (exact) mass is 364 g/mol. The van der Waals surface area contributed by atoms with Gasteiger partial charge in [-0.1, -0.05) is 18.2 Å². The highest BCUT2D eigenvalue weighted by molar-refractivity contribution is 7.80. The number of hydrogen-bond acceptors (Lipinski definition) is 6. The highest BCUT2D eigenvalue weighted by atomic mass is 32.1. The minimum absolute atomic E-state index is 0.110. The zero-order valence-corrected chi connectivity index (χ0v) is 14.1. The molecule has 0 saturated carbocycles. The van der Waals surface area contributed by atoms with Gasteiger partial charge >= 0.3 is 0 Å². The fraction of sp³-hybridized carbons (Fsp3) is 0.125. The van der Waals surface area contributed by atoms with E-state index in [2.05, 4.69) is 25.3 Å². The van der Waals surface area contributed by atoms with Crippen LogP contribution in [0.4, 0.5) is 0 Å². The Bertz CT molecular complexity index is 768. The van der Waals surface area contributed by atoms with Crippen molar-refractivity contribution < 1.29 is 20.4 Å². The Morgan fingerprint density at radius 1 is 0.625 bits per heavy atom. The Morgan fingerprint density at radius 3 is 1.29 bits per heavy atom. The molecule has 2 atom stereocenters. The number of nitrogens with zero attached hydrogens (tertiary/aromatic N) is 2. The Balaban J connectivity index is 1.98. The number of thiol groups is 2. The lowest BCUT2D eigenvalue weighted by Crippen LogP contribution is -2.07. The van der Waals surface area contributed by atoms with Gasteiger partial charge in [-0.25, -0.2) is 0 Å². The van der Waals surface area contributed by atoms with Crippen LogP contribution in [0.3, 0.4) is 0 Å². The van der Waals surface area contributed by atoms with Crippen LogP contribution in [-0.4, -0.2) is 29.6 Å². The third-order valence-corrected chi connectivity index (χ3v) is 4.80. The first-order valence-corrected chi connectivity index (χ1v) is 8.07. The quantitative estimate of drug-likeness (QED) is 0.402. The molecule has 0 saturated heterocycles. The van der Waals surface area contributed by atoms with Crippen LogP contribution in [0.2, 0.25) is 0 Å². The van der Waals surface area contributed by atoms with E-state index in [-0.39, 0.29) is 23.5 Å². The molecule has 0 amide bonds. The standard InChI is InChI=1S/C16H16N2O4S2/c19-11-4-5-12(20)17(11)15(23)9-2-1-3-10(8-9)16(24)18-13(21)6-7-14(18)22/h1-8,15-16,19-24H. The van der Waals surface area contributed by atoms with E-state index in [0.29, 0.717) is 11.1 Å². The van der Waals surface area contributed by atoms with Crippen molar-refractivity contribution in [3.63, 3.8) is 0 Å². The van der Waals surface area contributed by atoms with E-state index in [1.807, 2.05) is 0 Å². The summed E-state index contributed by atoms with van der Waals surface area (Å²) < 4.78 is 2.53. The summed E-state index contributed by atoms with van der Waals surface area (Å²) in [5.41, 5.74) is 1.39. The van der Waals surface area contributed by atoms with Gasteiger partial charge in [-0.3, -0.25) is 9.13 Å². The van der Waals surface area contributed by atoms with Crippen molar-refractivity contribution in [2.24, 2.45) is 0 Å². The van der Waals surface area contributed by atoms with E-state index in [0.717, 1.165) is 0 Å². The molecule has 0 bridgehead atoms. The Morgan fingerprint density at radius 2 is 0.958 bits per heavy atom. The predicted octanol–water partition coefficient (Wildman–Crippen LogP) is 3.07. The van der Waals surface area contributed by atoms with Gasteiger partial charge in [0.2, 0.25) is 0 Å². The first-order chi connectivity index (χ1) is 11.4. The smallest absolute Gasteiger partial charge is 0.195 e. The molecule has 3 aromatic rings. The molecule has 0 radical (unpaired) electrons. The molecular weight excluding hydrogens is 348 g/mol. The molecule has 0 aliphatic rings. The van der Waals surface area contributed by atoms with Gasteiger partial charge in [-0.15, -0.1) is 25.3 Å². The number of rotatable bonds is 4. The van der Waals surface area contributed by atoms with Gasteiger partial charge in [0, 0.05) is 24.3 Å². The molecule has 126 valence electrons. The van der Waals surface area contributed by atoms with Crippen molar-refractivity contribution >= 4 is 25.3 Å². The minimum Gasteiger partial charge on any atom is -0.494 e. The van der Waals surface area contributed by atoms with Crippen molar-refractivity contribution in [2.75, 3.05) is 0 Å². The number of hydrogen-bond donors (Lipinski definition) is 6. The number of aromatic nitrogens is 2. The van der Waals surface area contributed by atoms with Crippen LogP contribution in [0, 0.1) is 0 Å². The maximum Gasteiger partial charge on any atom is 0.195 e. The molecule has 6 nitrogen and oxygen atoms in total. The average molecular weight is 364 g/mol. The predicted molar refractivity (Wildman–Crippen MR) is 96.2 cm³/mol. The molecule has 2 heterocycles. The minimum atomic E-state index is -0.618. The molecule has 2 aromatic heterocycles. The van der Waals surface area contributed by atoms with E-state index >= 15 is 0 Å². The van der Waals surface area contributed by atoms with Crippen LogP contribution in [-0.2, 0) is 0 Å². The Hall–Kier alpha value is -2.32. The maximum atomic E-state index is 9.83. The van der Waals surface area contributed by atoms with Gasteiger partial charge in [-0.05, 0) is 17.2 Å². The van der Waals surface area contributed by atoms with Crippen LogP contribution in [0.1, 0.15) is 21.9 Å². The van der Waals surface area contributed by atoms with Crippen LogP contribution >= 0.6 is 25.3 Å². The third-order valence-electron chi connectivity index (χ3n) is 3.75. The van der Waals surface area contributed by atoms with Crippen LogP contribution in [0.5, 0.6) is 23.5 Å². The molecule has 0 aliphatic carbocycles. The molecule has 0 fully saturated rings. The van der Waals surface area contributed by atoms with E-state index < -0.39 is 10.7 Å². The topological polar surface area (TPSA) is 90.8 Å². The number of aromatic hydroxyl groups is 4. The van der Waals surface area contributed by atoms with Crippen molar-refractivity contribution in [2.45, 2.75) is 10.7 Å². The summed E-state index contributed by atoms with van der Waals surface area (Å²) in [5.74, 6) is -0.441. The van der Waals surface area contributed by atoms with Crippen LogP contribution in [0.25, 0.3) is 0 Å². The summed E-state index contributed by atoms with van der Waals surface area (Å²) in [6.45, 7) is 0.